The first-order chi connectivity index (χ1) is 9.24. The van der Waals surface area contributed by atoms with Gasteiger partial charge in [-0.3, -0.25) is 4.90 Å². The largest absolute Gasteiger partial charge is 0.381 e. The van der Waals surface area contributed by atoms with Crippen LogP contribution in [0.3, 0.4) is 0 Å². The minimum atomic E-state index is 0.00180. The Labute approximate surface area is 117 Å². The first kappa shape index (κ1) is 12.7. The summed E-state index contributed by atoms with van der Waals surface area (Å²) in [4.78, 5) is 13.5. The van der Waals surface area contributed by atoms with Gasteiger partial charge in [0, 0.05) is 35.8 Å². The minimum absolute atomic E-state index is 0.00180. The summed E-state index contributed by atoms with van der Waals surface area (Å²) in [6.07, 6.45) is 1.21. The van der Waals surface area contributed by atoms with Crippen molar-refractivity contribution in [3.63, 3.8) is 0 Å². The molecule has 0 radical (unpaired) electrons. The molecule has 0 bridgehead atoms. The van der Waals surface area contributed by atoms with Crippen molar-refractivity contribution in [3.05, 3.63) is 24.3 Å². The number of nitrogens with one attached hydrogen (secondary N) is 2. The summed E-state index contributed by atoms with van der Waals surface area (Å²) in [5, 5.41) is 7.07. The molecule has 2 unspecified atom stereocenters. The molecule has 2 aliphatic rings. The van der Waals surface area contributed by atoms with E-state index in [0.717, 1.165) is 24.5 Å². The molecule has 0 saturated carbocycles. The number of anilines is 2. The van der Waals surface area contributed by atoms with Crippen molar-refractivity contribution in [3.8, 4) is 0 Å². The molecule has 0 spiro atoms. The van der Waals surface area contributed by atoms with E-state index in [2.05, 4.69) is 29.7 Å². The van der Waals surface area contributed by atoms with Crippen LogP contribution in [-0.2, 0) is 0 Å². The van der Waals surface area contributed by atoms with E-state index in [0.29, 0.717) is 11.3 Å². The second kappa shape index (κ2) is 5.33. The van der Waals surface area contributed by atoms with Crippen molar-refractivity contribution in [2.45, 2.75) is 24.6 Å². The van der Waals surface area contributed by atoms with Crippen molar-refractivity contribution in [2.75, 3.05) is 29.1 Å². The van der Waals surface area contributed by atoms with E-state index >= 15 is 0 Å². The van der Waals surface area contributed by atoms with E-state index in [1.165, 1.54) is 12.2 Å². The molecule has 1 aromatic carbocycles. The lowest BCUT2D eigenvalue weighted by Gasteiger charge is -2.20. The van der Waals surface area contributed by atoms with Crippen molar-refractivity contribution in [1.29, 1.82) is 0 Å². The lowest BCUT2D eigenvalue weighted by molar-refractivity contribution is 0.252. The van der Waals surface area contributed by atoms with E-state index < -0.39 is 0 Å². The zero-order chi connectivity index (χ0) is 13.2. The fourth-order valence-electron chi connectivity index (χ4n) is 2.62. The number of hydrogen-bond donors (Lipinski definition) is 2. The third-order valence-corrected chi connectivity index (χ3v) is 5.07. The molecule has 2 heterocycles. The molecule has 19 heavy (non-hydrogen) atoms. The van der Waals surface area contributed by atoms with Gasteiger partial charge in [-0.05, 0) is 30.4 Å². The highest BCUT2D eigenvalue weighted by Gasteiger charge is 2.24. The number of nitrogens with zero attached hydrogens (tertiary/aromatic N) is 1. The van der Waals surface area contributed by atoms with Crippen LogP contribution in [0.5, 0.6) is 0 Å². The number of amides is 2. The van der Waals surface area contributed by atoms with Crippen LogP contribution in [0, 0.1) is 0 Å². The molecule has 2 amide bonds. The van der Waals surface area contributed by atoms with Crippen LogP contribution in [-0.4, -0.2) is 36.2 Å². The summed E-state index contributed by atoms with van der Waals surface area (Å²) in [5.41, 5.74) is 2.08. The summed E-state index contributed by atoms with van der Waals surface area (Å²) < 4.78 is 0. The highest BCUT2D eigenvalue weighted by molar-refractivity contribution is 8.00. The van der Waals surface area contributed by atoms with Gasteiger partial charge in [0.25, 0.3) is 0 Å². The molecule has 0 aromatic heterocycles. The van der Waals surface area contributed by atoms with Crippen LogP contribution >= 0.6 is 11.8 Å². The maximum atomic E-state index is 11.7. The molecule has 2 N–H and O–H groups in total. The first-order valence-electron chi connectivity index (χ1n) is 6.77. The van der Waals surface area contributed by atoms with Gasteiger partial charge in [0.15, 0.2) is 0 Å². The molecule has 102 valence electrons. The lowest BCUT2D eigenvalue weighted by atomic mass is 10.1. The number of urea groups is 1. The predicted octanol–water partition coefficient (Wildman–Crippen LogP) is 2.52. The molecular formula is C14H19N3OS. The lowest BCUT2D eigenvalue weighted by Crippen LogP contribution is -2.28. The number of carbonyl (C=O) groups excluding carboxylic acids is 1. The molecule has 5 heteroatoms. The van der Waals surface area contributed by atoms with Crippen LogP contribution in [0.2, 0.25) is 0 Å². The molecular weight excluding hydrogens is 258 g/mol. The second-order valence-electron chi connectivity index (χ2n) is 5.05. The van der Waals surface area contributed by atoms with Crippen molar-refractivity contribution >= 4 is 29.2 Å². The molecule has 2 fully saturated rings. The van der Waals surface area contributed by atoms with Gasteiger partial charge in [0.2, 0.25) is 0 Å². The molecule has 2 atom stereocenters. The van der Waals surface area contributed by atoms with Crippen LogP contribution < -0.4 is 15.5 Å². The van der Waals surface area contributed by atoms with Crippen molar-refractivity contribution < 1.29 is 4.79 Å². The van der Waals surface area contributed by atoms with Gasteiger partial charge in [0.05, 0.1) is 0 Å². The normalized spacial score (nSPS) is 26.6. The van der Waals surface area contributed by atoms with Gasteiger partial charge in [0.1, 0.15) is 0 Å². The smallest absolute Gasteiger partial charge is 0.321 e. The molecule has 4 nitrogen and oxygen atoms in total. The Hall–Kier alpha value is -1.36. The van der Waals surface area contributed by atoms with Crippen molar-refractivity contribution in [1.82, 2.24) is 5.32 Å². The monoisotopic (exact) mass is 277 g/mol. The Kier molecular flexibility index (Phi) is 3.55. The number of thioether (sulfide) groups is 1. The molecule has 3 rings (SSSR count). The highest BCUT2D eigenvalue weighted by atomic mass is 32.2. The van der Waals surface area contributed by atoms with Crippen LogP contribution in [0.4, 0.5) is 16.2 Å². The van der Waals surface area contributed by atoms with Gasteiger partial charge in [-0.15, -0.1) is 0 Å². The zero-order valence-corrected chi connectivity index (χ0v) is 11.9. The minimum Gasteiger partial charge on any atom is -0.381 e. The zero-order valence-electron chi connectivity index (χ0n) is 11.1. The number of benzene rings is 1. The van der Waals surface area contributed by atoms with Gasteiger partial charge in [-0.2, -0.15) is 11.8 Å². The Morgan fingerprint density at radius 2 is 2.37 bits per heavy atom. The summed E-state index contributed by atoms with van der Waals surface area (Å²) in [5.74, 6) is 1.23. The Morgan fingerprint density at radius 1 is 1.47 bits per heavy atom. The van der Waals surface area contributed by atoms with Gasteiger partial charge in [-0.25, -0.2) is 4.79 Å². The summed E-state index contributed by atoms with van der Waals surface area (Å²) >= 11 is 2.02. The van der Waals surface area contributed by atoms with Gasteiger partial charge < -0.3 is 10.6 Å². The fraction of sp³-hybridized carbons (Fsp3) is 0.500. The average Bonchev–Trinajstić information content (AvgIpc) is 3.00. The maximum absolute atomic E-state index is 11.7. The average molecular weight is 277 g/mol. The van der Waals surface area contributed by atoms with Crippen LogP contribution in [0.15, 0.2) is 24.3 Å². The fourth-order valence-corrected chi connectivity index (χ4v) is 3.82. The van der Waals surface area contributed by atoms with E-state index in [-0.39, 0.29) is 6.03 Å². The van der Waals surface area contributed by atoms with E-state index in [1.807, 2.05) is 23.9 Å². The summed E-state index contributed by atoms with van der Waals surface area (Å²) in [6, 6.07) is 8.68. The van der Waals surface area contributed by atoms with E-state index in [4.69, 9.17) is 0 Å². The third-order valence-electron chi connectivity index (χ3n) is 3.74. The number of carbonyl (C=O) groups is 1. The Morgan fingerprint density at radius 3 is 3.05 bits per heavy atom. The van der Waals surface area contributed by atoms with Crippen molar-refractivity contribution in [2.24, 2.45) is 0 Å². The summed E-state index contributed by atoms with van der Waals surface area (Å²) in [6.45, 7) is 3.75. The maximum Gasteiger partial charge on any atom is 0.321 e. The van der Waals surface area contributed by atoms with E-state index in [1.54, 1.807) is 4.90 Å². The number of hydrogen-bond acceptors (Lipinski definition) is 3. The Bertz CT molecular complexity index is 480. The number of rotatable bonds is 3. The van der Waals surface area contributed by atoms with Crippen LogP contribution in [0.1, 0.15) is 13.3 Å². The van der Waals surface area contributed by atoms with Gasteiger partial charge >= 0.3 is 6.03 Å². The van der Waals surface area contributed by atoms with Crippen LogP contribution in [0.25, 0.3) is 0 Å². The molecule has 2 saturated heterocycles. The predicted molar refractivity (Wildman–Crippen MR) is 81.1 cm³/mol. The van der Waals surface area contributed by atoms with Gasteiger partial charge in [-0.1, -0.05) is 13.0 Å². The topological polar surface area (TPSA) is 44.4 Å². The molecule has 1 aromatic rings. The second-order valence-corrected chi connectivity index (χ2v) is 6.53. The third kappa shape index (κ3) is 2.66. The SMILES string of the molecule is CC1SCCC1Nc1cccc(N2CCNC2=O)c1. The Balaban J connectivity index is 1.74. The quantitative estimate of drug-likeness (QED) is 0.892. The standard InChI is InChI=1S/C14H19N3OS/c1-10-13(5-8-19-10)16-11-3-2-4-12(9-11)17-7-6-15-14(17)18/h2-4,9-10,13,16H,5-8H2,1H3,(H,15,18). The summed E-state index contributed by atoms with van der Waals surface area (Å²) in [7, 11) is 0. The molecule has 2 aliphatic heterocycles. The highest BCUT2D eigenvalue weighted by Crippen LogP contribution is 2.30. The molecule has 0 aliphatic carbocycles. The van der Waals surface area contributed by atoms with E-state index in [9.17, 15) is 4.79 Å². The first-order valence-corrected chi connectivity index (χ1v) is 7.82.